The minimum Gasteiger partial charge on any atom is -0.354 e. The number of hydrogen-bond donors (Lipinski definition) is 2. The zero-order chi connectivity index (χ0) is 16.2. The van der Waals surface area contributed by atoms with Crippen LogP contribution in [0, 0.1) is 6.92 Å². The van der Waals surface area contributed by atoms with Gasteiger partial charge in [-0.2, -0.15) is 0 Å². The second-order valence-electron chi connectivity index (χ2n) is 5.61. The maximum Gasteiger partial charge on any atom is 0.263 e. The largest absolute Gasteiger partial charge is 0.354 e. The van der Waals surface area contributed by atoms with E-state index in [1.807, 2.05) is 37.3 Å². The second-order valence-corrected chi connectivity index (χ2v) is 6.61. The summed E-state index contributed by atoms with van der Waals surface area (Å²) in [5.74, 6) is -0.314. The Morgan fingerprint density at radius 2 is 2.09 bits per heavy atom. The van der Waals surface area contributed by atoms with Crippen molar-refractivity contribution in [3.8, 4) is 10.6 Å². The van der Waals surface area contributed by atoms with Gasteiger partial charge in [0.25, 0.3) is 5.91 Å². The Kier molecular flexibility index (Phi) is 4.71. The van der Waals surface area contributed by atoms with Gasteiger partial charge in [-0.25, -0.2) is 4.98 Å². The van der Waals surface area contributed by atoms with Gasteiger partial charge in [0.05, 0.1) is 5.69 Å². The zero-order valence-corrected chi connectivity index (χ0v) is 13.8. The average Bonchev–Trinajstić information content (AvgIpc) is 2.84. The number of aromatic nitrogens is 1. The Hall–Kier alpha value is -2.21. The van der Waals surface area contributed by atoms with Crippen molar-refractivity contribution in [2.75, 3.05) is 6.54 Å². The molecule has 120 valence electrons. The number of nitrogens with zero attached hydrogens (tertiary/aromatic N) is 1. The van der Waals surface area contributed by atoms with Crippen molar-refractivity contribution in [2.45, 2.75) is 32.2 Å². The lowest BCUT2D eigenvalue weighted by Gasteiger charge is -2.14. The van der Waals surface area contributed by atoms with Gasteiger partial charge in [-0.05, 0) is 26.2 Å². The van der Waals surface area contributed by atoms with Crippen molar-refractivity contribution in [3.63, 3.8) is 0 Å². The highest BCUT2D eigenvalue weighted by Gasteiger charge is 2.25. The molecule has 0 unspecified atom stereocenters. The molecule has 1 aliphatic heterocycles. The number of rotatable bonds is 3. The maximum absolute atomic E-state index is 12.5. The first-order chi connectivity index (χ1) is 11.1. The van der Waals surface area contributed by atoms with E-state index in [0.717, 1.165) is 23.4 Å². The van der Waals surface area contributed by atoms with Gasteiger partial charge in [0, 0.05) is 12.1 Å². The lowest BCUT2D eigenvalue weighted by molar-refractivity contribution is -0.122. The number of nitrogens with one attached hydrogen (secondary N) is 2. The van der Waals surface area contributed by atoms with Gasteiger partial charge in [-0.15, -0.1) is 11.3 Å². The summed E-state index contributed by atoms with van der Waals surface area (Å²) in [6, 6.07) is 9.33. The fourth-order valence-electron chi connectivity index (χ4n) is 2.61. The molecule has 0 radical (unpaired) electrons. The van der Waals surface area contributed by atoms with E-state index in [2.05, 4.69) is 15.6 Å². The number of hydrogen-bond acceptors (Lipinski definition) is 4. The van der Waals surface area contributed by atoms with Crippen LogP contribution in [0.3, 0.4) is 0 Å². The second kappa shape index (κ2) is 6.91. The van der Waals surface area contributed by atoms with Gasteiger partial charge in [-0.3, -0.25) is 9.59 Å². The summed E-state index contributed by atoms with van der Waals surface area (Å²) in [5.41, 5.74) is 1.69. The first kappa shape index (κ1) is 15.7. The van der Waals surface area contributed by atoms with Crippen molar-refractivity contribution >= 4 is 23.2 Å². The van der Waals surface area contributed by atoms with Crippen LogP contribution in [0.1, 0.15) is 34.6 Å². The van der Waals surface area contributed by atoms with E-state index in [1.165, 1.54) is 11.3 Å². The predicted molar refractivity (Wildman–Crippen MR) is 90.4 cm³/mol. The maximum atomic E-state index is 12.5. The van der Waals surface area contributed by atoms with Crippen molar-refractivity contribution in [2.24, 2.45) is 0 Å². The molecule has 2 aromatic rings. The summed E-state index contributed by atoms with van der Waals surface area (Å²) in [6.07, 6.45) is 2.57. The summed E-state index contributed by atoms with van der Waals surface area (Å²) in [6.45, 7) is 2.51. The van der Waals surface area contributed by atoms with Crippen molar-refractivity contribution in [1.29, 1.82) is 0 Å². The molecule has 1 fully saturated rings. The van der Waals surface area contributed by atoms with Crippen LogP contribution < -0.4 is 10.6 Å². The van der Waals surface area contributed by atoms with Crippen LogP contribution in [0.25, 0.3) is 10.6 Å². The van der Waals surface area contributed by atoms with Crippen LogP contribution in [0.4, 0.5) is 0 Å². The SMILES string of the molecule is Cc1nc(-c2ccccc2)sc1C(=O)N[C@@H]1CCCCNC1=O. The Bertz CT molecular complexity index is 712. The molecule has 2 N–H and O–H groups in total. The van der Waals surface area contributed by atoms with E-state index in [-0.39, 0.29) is 11.8 Å². The smallest absolute Gasteiger partial charge is 0.263 e. The molecule has 5 nitrogen and oxygen atoms in total. The molecule has 2 amide bonds. The molecule has 6 heteroatoms. The highest BCUT2D eigenvalue weighted by Crippen LogP contribution is 2.27. The molecule has 2 heterocycles. The highest BCUT2D eigenvalue weighted by molar-refractivity contribution is 7.17. The van der Waals surface area contributed by atoms with Crippen LogP contribution in [-0.2, 0) is 4.79 Å². The van der Waals surface area contributed by atoms with Gasteiger partial charge in [0.2, 0.25) is 5.91 Å². The quantitative estimate of drug-likeness (QED) is 0.909. The van der Waals surface area contributed by atoms with Gasteiger partial charge in [-0.1, -0.05) is 30.3 Å². The van der Waals surface area contributed by atoms with E-state index >= 15 is 0 Å². The first-order valence-corrected chi connectivity index (χ1v) is 8.58. The Labute approximate surface area is 139 Å². The summed E-state index contributed by atoms with van der Waals surface area (Å²) >= 11 is 1.36. The number of benzene rings is 1. The summed E-state index contributed by atoms with van der Waals surface area (Å²) < 4.78 is 0. The molecule has 1 aromatic heterocycles. The third kappa shape index (κ3) is 3.59. The average molecular weight is 329 g/mol. The number of amides is 2. The van der Waals surface area contributed by atoms with Gasteiger partial charge in [0.1, 0.15) is 15.9 Å². The van der Waals surface area contributed by atoms with E-state index in [4.69, 9.17) is 0 Å². The van der Waals surface area contributed by atoms with Crippen molar-refractivity contribution in [3.05, 3.63) is 40.9 Å². The molecule has 0 spiro atoms. The number of carbonyl (C=O) groups is 2. The Morgan fingerprint density at radius 1 is 1.30 bits per heavy atom. The lowest BCUT2D eigenvalue weighted by atomic mass is 10.1. The first-order valence-electron chi connectivity index (χ1n) is 7.76. The van der Waals surface area contributed by atoms with Crippen molar-refractivity contribution < 1.29 is 9.59 Å². The third-order valence-electron chi connectivity index (χ3n) is 3.86. The molecule has 1 saturated heterocycles. The molecule has 1 atom stereocenters. The number of thiazole rings is 1. The normalized spacial score (nSPS) is 18.1. The Balaban J connectivity index is 1.77. The molecule has 1 aromatic carbocycles. The summed E-state index contributed by atoms with van der Waals surface area (Å²) in [7, 11) is 0. The fourth-order valence-corrected chi connectivity index (χ4v) is 3.59. The van der Waals surface area contributed by atoms with E-state index in [0.29, 0.717) is 23.5 Å². The summed E-state index contributed by atoms with van der Waals surface area (Å²) in [5, 5.41) is 6.50. The molecule has 0 saturated carbocycles. The van der Waals surface area contributed by atoms with Crippen LogP contribution in [0.2, 0.25) is 0 Å². The molecule has 0 bridgehead atoms. The monoisotopic (exact) mass is 329 g/mol. The third-order valence-corrected chi connectivity index (χ3v) is 5.07. The molecule has 0 aliphatic carbocycles. The number of carbonyl (C=O) groups excluding carboxylic acids is 2. The molecule has 23 heavy (non-hydrogen) atoms. The number of aryl methyl sites for hydroxylation is 1. The molecular weight excluding hydrogens is 310 g/mol. The lowest BCUT2D eigenvalue weighted by Crippen LogP contribution is -2.45. The van der Waals surface area contributed by atoms with Crippen LogP contribution in [0.15, 0.2) is 30.3 Å². The topological polar surface area (TPSA) is 71.1 Å². The minimum atomic E-state index is -0.452. The molecule has 1 aliphatic rings. The van der Waals surface area contributed by atoms with Gasteiger partial charge in [0.15, 0.2) is 0 Å². The van der Waals surface area contributed by atoms with E-state index in [9.17, 15) is 9.59 Å². The Morgan fingerprint density at radius 3 is 2.87 bits per heavy atom. The fraction of sp³-hybridized carbons (Fsp3) is 0.353. The molecule has 3 rings (SSSR count). The van der Waals surface area contributed by atoms with Gasteiger partial charge >= 0.3 is 0 Å². The van der Waals surface area contributed by atoms with Crippen LogP contribution in [0.5, 0.6) is 0 Å². The van der Waals surface area contributed by atoms with E-state index < -0.39 is 6.04 Å². The zero-order valence-electron chi connectivity index (χ0n) is 13.0. The van der Waals surface area contributed by atoms with Crippen molar-refractivity contribution in [1.82, 2.24) is 15.6 Å². The van der Waals surface area contributed by atoms with E-state index in [1.54, 1.807) is 0 Å². The summed E-state index contributed by atoms with van der Waals surface area (Å²) in [4.78, 5) is 29.5. The molecular formula is C17H19N3O2S. The standard InChI is InChI=1S/C17H19N3O2S/c1-11-14(23-17(19-11)12-7-3-2-4-8-12)16(22)20-13-9-5-6-10-18-15(13)21/h2-4,7-8,13H,5-6,9-10H2,1H3,(H,18,21)(H,20,22)/t13-/m1/s1. The van der Waals surface area contributed by atoms with Crippen LogP contribution in [-0.4, -0.2) is 29.4 Å². The predicted octanol–water partition coefficient (Wildman–Crippen LogP) is 2.52. The highest BCUT2D eigenvalue weighted by atomic mass is 32.1. The minimum absolute atomic E-state index is 0.0960. The van der Waals surface area contributed by atoms with Gasteiger partial charge < -0.3 is 10.6 Å². The van der Waals surface area contributed by atoms with Crippen LogP contribution >= 0.6 is 11.3 Å².